The molecule has 0 saturated carbocycles. The van der Waals surface area contributed by atoms with Gasteiger partial charge in [0.15, 0.2) is 0 Å². The largest absolute Gasteiger partial charge is 0.384 e. The van der Waals surface area contributed by atoms with Gasteiger partial charge in [0.25, 0.3) is 5.91 Å². The minimum Gasteiger partial charge on any atom is -0.384 e. The molecule has 2 aromatic heterocycles. The summed E-state index contributed by atoms with van der Waals surface area (Å²) in [6.07, 6.45) is 5.60. The number of pyridine rings is 1. The van der Waals surface area contributed by atoms with Crippen molar-refractivity contribution in [1.29, 1.82) is 0 Å². The van der Waals surface area contributed by atoms with Crippen LogP contribution in [0, 0.1) is 0 Å². The monoisotopic (exact) mass is 245 g/mol. The molecule has 2 heterocycles. The molecule has 0 radical (unpaired) electrons. The summed E-state index contributed by atoms with van der Waals surface area (Å²) < 4.78 is 0. The zero-order valence-electron chi connectivity index (χ0n) is 10.1. The Labute approximate surface area is 105 Å². The molecule has 4 N–H and O–H groups in total. The van der Waals surface area contributed by atoms with Crippen LogP contribution in [0.2, 0.25) is 0 Å². The molecule has 0 aromatic carbocycles. The number of H-pyrrole nitrogens is 1. The molecule has 18 heavy (non-hydrogen) atoms. The molecular weight excluding hydrogens is 230 g/mol. The molecule has 0 aliphatic rings. The first-order chi connectivity index (χ1) is 8.70. The van der Waals surface area contributed by atoms with E-state index in [2.05, 4.69) is 20.3 Å². The van der Waals surface area contributed by atoms with Crippen molar-refractivity contribution in [2.24, 2.45) is 0 Å². The third kappa shape index (κ3) is 2.65. The number of aromatic amines is 1. The first-order valence-corrected chi connectivity index (χ1v) is 5.72. The van der Waals surface area contributed by atoms with Gasteiger partial charge >= 0.3 is 0 Å². The fraction of sp³-hybridized carbons (Fsp3) is 0.250. The summed E-state index contributed by atoms with van der Waals surface area (Å²) in [5.74, 6) is 0.949. The highest BCUT2D eigenvalue weighted by Crippen LogP contribution is 2.12. The van der Waals surface area contributed by atoms with Gasteiger partial charge in [0.2, 0.25) is 0 Å². The Balaban J connectivity index is 2.08. The third-order valence-corrected chi connectivity index (χ3v) is 2.61. The van der Waals surface area contributed by atoms with Crippen molar-refractivity contribution < 1.29 is 4.79 Å². The van der Waals surface area contributed by atoms with E-state index in [4.69, 9.17) is 5.73 Å². The van der Waals surface area contributed by atoms with Crippen molar-refractivity contribution in [1.82, 2.24) is 20.3 Å². The molecule has 1 unspecified atom stereocenters. The van der Waals surface area contributed by atoms with Crippen LogP contribution in [-0.4, -0.2) is 20.9 Å². The van der Waals surface area contributed by atoms with Gasteiger partial charge in [-0.2, -0.15) is 0 Å². The number of nitrogens with two attached hydrogens (primary N) is 1. The van der Waals surface area contributed by atoms with Gasteiger partial charge in [-0.25, -0.2) is 9.97 Å². The van der Waals surface area contributed by atoms with Crippen LogP contribution in [0.4, 0.5) is 5.82 Å². The number of amides is 1. The molecule has 2 rings (SSSR count). The normalized spacial score (nSPS) is 12.1. The first kappa shape index (κ1) is 12.1. The molecule has 0 bridgehead atoms. The summed E-state index contributed by atoms with van der Waals surface area (Å²) >= 11 is 0. The summed E-state index contributed by atoms with van der Waals surface area (Å²) in [7, 11) is 0. The number of nitrogens with one attached hydrogen (secondary N) is 2. The molecule has 6 nitrogen and oxygen atoms in total. The number of nitrogens with zero attached hydrogens (tertiary/aromatic N) is 2. The predicted octanol–water partition coefficient (Wildman–Crippen LogP) is 1.27. The SMILES string of the molecule is CCC(NC(=O)c1ccc(N)nc1)c1ncc[nH]1. The Morgan fingerprint density at radius 3 is 2.89 bits per heavy atom. The second-order valence-corrected chi connectivity index (χ2v) is 3.88. The van der Waals surface area contributed by atoms with Crippen LogP contribution in [-0.2, 0) is 0 Å². The number of hydrogen-bond acceptors (Lipinski definition) is 4. The Morgan fingerprint density at radius 2 is 2.33 bits per heavy atom. The average molecular weight is 245 g/mol. The molecule has 0 aliphatic heterocycles. The van der Waals surface area contributed by atoms with E-state index in [0.29, 0.717) is 11.4 Å². The summed E-state index contributed by atoms with van der Waals surface area (Å²) in [6, 6.07) is 3.11. The Hall–Kier alpha value is -2.37. The third-order valence-electron chi connectivity index (χ3n) is 2.61. The maximum absolute atomic E-state index is 12.0. The molecule has 2 aromatic rings. The maximum Gasteiger partial charge on any atom is 0.253 e. The van der Waals surface area contributed by atoms with Crippen LogP contribution >= 0.6 is 0 Å². The molecule has 6 heteroatoms. The van der Waals surface area contributed by atoms with Crippen LogP contribution in [0.15, 0.2) is 30.7 Å². The van der Waals surface area contributed by atoms with Crippen LogP contribution in [0.3, 0.4) is 0 Å². The smallest absolute Gasteiger partial charge is 0.253 e. The highest BCUT2D eigenvalue weighted by Gasteiger charge is 2.15. The lowest BCUT2D eigenvalue weighted by Gasteiger charge is -2.14. The molecule has 1 atom stereocenters. The van der Waals surface area contributed by atoms with E-state index in [9.17, 15) is 4.79 Å². The number of aromatic nitrogens is 3. The van der Waals surface area contributed by atoms with Crippen LogP contribution in [0.5, 0.6) is 0 Å². The van der Waals surface area contributed by atoms with E-state index in [1.807, 2.05) is 6.92 Å². The van der Waals surface area contributed by atoms with Gasteiger partial charge in [-0.05, 0) is 18.6 Å². The summed E-state index contributed by atoms with van der Waals surface area (Å²) in [6.45, 7) is 1.98. The Kier molecular flexibility index (Phi) is 3.57. The average Bonchev–Trinajstić information content (AvgIpc) is 2.90. The van der Waals surface area contributed by atoms with E-state index in [-0.39, 0.29) is 11.9 Å². The second kappa shape index (κ2) is 5.31. The van der Waals surface area contributed by atoms with Gasteiger partial charge < -0.3 is 16.0 Å². The molecule has 0 fully saturated rings. The summed E-state index contributed by atoms with van der Waals surface area (Å²) in [5.41, 5.74) is 5.95. The Bertz CT molecular complexity index is 506. The van der Waals surface area contributed by atoms with Crippen molar-refractivity contribution in [3.8, 4) is 0 Å². The van der Waals surface area contributed by atoms with Gasteiger partial charge in [0, 0.05) is 18.6 Å². The minimum absolute atomic E-state index is 0.134. The highest BCUT2D eigenvalue weighted by molar-refractivity contribution is 5.94. The van der Waals surface area contributed by atoms with Crippen molar-refractivity contribution in [2.45, 2.75) is 19.4 Å². The van der Waals surface area contributed by atoms with Gasteiger partial charge in [-0.3, -0.25) is 4.79 Å². The molecule has 1 amide bonds. The van der Waals surface area contributed by atoms with Crippen molar-refractivity contribution in [3.63, 3.8) is 0 Å². The van der Waals surface area contributed by atoms with Gasteiger partial charge in [0.05, 0.1) is 11.6 Å². The van der Waals surface area contributed by atoms with Crippen LogP contribution in [0.1, 0.15) is 35.6 Å². The van der Waals surface area contributed by atoms with Gasteiger partial charge in [0.1, 0.15) is 11.6 Å². The maximum atomic E-state index is 12.0. The number of nitrogen functional groups attached to an aromatic ring is 1. The van der Waals surface area contributed by atoms with Crippen molar-refractivity contribution in [3.05, 3.63) is 42.1 Å². The number of carbonyl (C=O) groups excluding carboxylic acids is 1. The lowest BCUT2D eigenvalue weighted by Crippen LogP contribution is -2.29. The summed E-state index contributed by atoms with van der Waals surface area (Å²) in [4.78, 5) is 23.0. The predicted molar refractivity (Wildman–Crippen MR) is 67.7 cm³/mol. The quantitative estimate of drug-likeness (QED) is 0.755. The first-order valence-electron chi connectivity index (χ1n) is 5.72. The lowest BCUT2D eigenvalue weighted by molar-refractivity contribution is 0.0933. The van der Waals surface area contributed by atoms with Crippen LogP contribution < -0.4 is 11.1 Å². The minimum atomic E-state index is -0.189. The number of hydrogen-bond donors (Lipinski definition) is 3. The molecule has 0 aliphatic carbocycles. The second-order valence-electron chi connectivity index (χ2n) is 3.88. The van der Waals surface area contributed by atoms with Crippen molar-refractivity contribution in [2.75, 3.05) is 5.73 Å². The van der Waals surface area contributed by atoms with E-state index >= 15 is 0 Å². The zero-order valence-corrected chi connectivity index (χ0v) is 10.1. The standard InChI is InChI=1S/C12H15N5O/c1-2-9(11-14-5-6-15-11)17-12(18)8-3-4-10(13)16-7-8/h3-7,9H,2H2,1H3,(H2,13,16)(H,14,15)(H,17,18). The lowest BCUT2D eigenvalue weighted by atomic mass is 10.2. The van der Waals surface area contributed by atoms with E-state index < -0.39 is 0 Å². The number of imidazole rings is 1. The van der Waals surface area contributed by atoms with Gasteiger partial charge in [-0.15, -0.1) is 0 Å². The molecular formula is C12H15N5O. The number of carbonyl (C=O) groups is 1. The zero-order chi connectivity index (χ0) is 13.0. The van der Waals surface area contributed by atoms with E-state index in [1.165, 1.54) is 6.20 Å². The van der Waals surface area contributed by atoms with E-state index in [0.717, 1.165) is 12.2 Å². The highest BCUT2D eigenvalue weighted by atomic mass is 16.1. The molecule has 0 saturated heterocycles. The topological polar surface area (TPSA) is 96.7 Å². The summed E-state index contributed by atoms with van der Waals surface area (Å²) in [5, 5.41) is 2.89. The fourth-order valence-electron chi connectivity index (χ4n) is 1.61. The molecule has 0 spiro atoms. The van der Waals surface area contributed by atoms with E-state index in [1.54, 1.807) is 24.5 Å². The number of rotatable bonds is 4. The van der Waals surface area contributed by atoms with Crippen molar-refractivity contribution >= 4 is 11.7 Å². The number of anilines is 1. The Morgan fingerprint density at radius 1 is 1.50 bits per heavy atom. The van der Waals surface area contributed by atoms with Gasteiger partial charge in [-0.1, -0.05) is 6.92 Å². The molecule has 94 valence electrons. The fourth-order valence-corrected chi connectivity index (χ4v) is 1.61. The van der Waals surface area contributed by atoms with Crippen LogP contribution in [0.25, 0.3) is 0 Å².